The summed E-state index contributed by atoms with van der Waals surface area (Å²) in [5.74, 6) is 0.0487. The van der Waals surface area contributed by atoms with Gasteiger partial charge in [0.25, 0.3) is 5.56 Å². The number of para-hydroxylation sites is 2. The van der Waals surface area contributed by atoms with Gasteiger partial charge >= 0.3 is 0 Å². The molecule has 0 fully saturated rings. The van der Waals surface area contributed by atoms with Crippen LogP contribution in [0.4, 0.5) is 0 Å². The van der Waals surface area contributed by atoms with Crippen LogP contribution in [-0.4, -0.2) is 14.7 Å². The van der Waals surface area contributed by atoms with Crippen LogP contribution in [-0.2, 0) is 12.8 Å². The van der Waals surface area contributed by atoms with Gasteiger partial charge in [-0.1, -0.05) is 12.1 Å². The summed E-state index contributed by atoms with van der Waals surface area (Å²) in [5, 5.41) is 10.8. The standard InChI is InChI=1S/C16H14N2O2S2/c19-11-7-3-2-6-10(11)18-15(20)13-9-5-1-4-8-12(9)22-14(13)17-16(18)21/h2-3,6-7,19H,1,4-5,8H2,(H,17,21). The van der Waals surface area contributed by atoms with Gasteiger partial charge in [0.2, 0.25) is 0 Å². The van der Waals surface area contributed by atoms with Gasteiger partial charge in [-0.15, -0.1) is 11.3 Å². The molecule has 0 amide bonds. The van der Waals surface area contributed by atoms with E-state index in [1.807, 2.05) is 0 Å². The zero-order chi connectivity index (χ0) is 15.3. The molecular weight excluding hydrogens is 316 g/mol. The summed E-state index contributed by atoms with van der Waals surface area (Å²) in [4.78, 5) is 18.3. The first-order valence-electron chi connectivity index (χ1n) is 7.25. The zero-order valence-corrected chi connectivity index (χ0v) is 13.4. The maximum atomic E-state index is 13.0. The Balaban J connectivity index is 2.11. The Kier molecular flexibility index (Phi) is 3.16. The second-order valence-corrected chi connectivity index (χ2v) is 6.97. The van der Waals surface area contributed by atoms with Gasteiger partial charge in [0.05, 0.1) is 11.1 Å². The second-order valence-electron chi connectivity index (χ2n) is 5.47. The Morgan fingerprint density at radius 1 is 1.23 bits per heavy atom. The number of hydrogen-bond acceptors (Lipinski definition) is 4. The number of thiophene rings is 1. The molecule has 2 N–H and O–H groups in total. The lowest BCUT2D eigenvalue weighted by Crippen LogP contribution is -2.21. The Bertz CT molecular complexity index is 998. The van der Waals surface area contributed by atoms with Crippen LogP contribution in [0, 0.1) is 4.77 Å². The van der Waals surface area contributed by atoms with E-state index in [0.29, 0.717) is 10.5 Å². The summed E-state index contributed by atoms with van der Waals surface area (Å²) in [7, 11) is 0. The Morgan fingerprint density at radius 3 is 2.82 bits per heavy atom. The fraction of sp³-hybridized carbons (Fsp3) is 0.250. The lowest BCUT2D eigenvalue weighted by molar-refractivity contribution is 0.471. The fourth-order valence-electron chi connectivity index (χ4n) is 3.11. The summed E-state index contributed by atoms with van der Waals surface area (Å²) in [6.07, 6.45) is 4.26. The highest BCUT2D eigenvalue weighted by Gasteiger charge is 2.21. The van der Waals surface area contributed by atoms with Crippen LogP contribution in [0.3, 0.4) is 0 Å². The van der Waals surface area contributed by atoms with Crippen molar-refractivity contribution in [1.29, 1.82) is 0 Å². The van der Waals surface area contributed by atoms with Crippen molar-refractivity contribution < 1.29 is 5.11 Å². The van der Waals surface area contributed by atoms with Gasteiger partial charge in [0.1, 0.15) is 10.6 Å². The van der Waals surface area contributed by atoms with Crippen LogP contribution in [0.15, 0.2) is 29.1 Å². The van der Waals surface area contributed by atoms with E-state index in [-0.39, 0.29) is 11.3 Å². The molecule has 112 valence electrons. The number of benzene rings is 1. The topological polar surface area (TPSA) is 58.0 Å². The molecule has 0 atom stereocenters. The number of phenolic OH excluding ortho intramolecular Hbond substituents is 1. The highest BCUT2D eigenvalue weighted by Crippen LogP contribution is 2.34. The minimum Gasteiger partial charge on any atom is -0.506 e. The van der Waals surface area contributed by atoms with E-state index in [0.717, 1.165) is 35.0 Å². The molecule has 0 radical (unpaired) electrons. The number of nitrogens with one attached hydrogen (secondary N) is 1. The fourth-order valence-corrected chi connectivity index (χ4v) is 4.74. The number of aryl methyl sites for hydroxylation is 2. The number of aromatic hydroxyl groups is 1. The molecule has 6 heteroatoms. The largest absolute Gasteiger partial charge is 0.506 e. The Morgan fingerprint density at radius 2 is 2.00 bits per heavy atom. The third-order valence-corrected chi connectivity index (χ3v) is 5.63. The molecule has 3 aromatic rings. The summed E-state index contributed by atoms with van der Waals surface area (Å²) < 4.78 is 1.71. The summed E-state index contributed by atoms with van der Waals surface area (Å²) in [5.41, 5.74) is 1.44. The van der Waals surface area contributed by atoms with Crippen LogP contribution in [0.5, 0.6) is 5.75 Å². The van der Waals surface area contributed by atoms with Gasteiger partial charge in [-0.05, 0) is 55.6 Å². The molecule has 1 aromatic carbocycles. The molecule has 0 saturated heterocycles. The summed E-state index contributed by atoms with van der Waals surface area (Å²) in [6, 6.07) is 6.76. The van der Waals surface area contributed by atoms with Crippen molar-refractivity contribution in [2.45, 2.75) is 25.7 Å². The number of rotatable bonds is 1. The zero-order valence-electron chi connectivity index (χ0n) is 11.8. The van der Waals surface area contributed by atoms with Crippen molar-refractivity contribution >= 4 is 33.8 Å². The normalized spacial score (nSPS) is 14.2. The summed E-state index contributed by atoms with van der Waals surface area (Å²) >= 11 is 6.99. The van der Waals surface area contributed by atoms with Crippen molar-refractivity contribution in [3.8, 4) is 11.4 Å². The number of H-pyrrole nitrogens is 1. The number of hydrogen-bond donors (Lipinski definition) is 2. The number of aromatic amines is 1. The average molecular weight is 330 g/mol. The number of nitrogens with zero attached hydrogens (tertiary/aromatic N) is 1. The second kappa shape index (κ2) is 5.07. The predicted octanol–water partition coefficient (Wildman–Crippen LogP) is 3.69. The molecule has 2 aromatic heterocycles. The maximum absolute atomic E-state index is 13.0. The van der Waals surface area contributed by atoms with Crippen LogP contribution in [0.25, 0.3) is 15.9 Å². The van der Waals surface area contributed by atoms with Gasteiger partial charge in [0.15, 0.2) is 4.77 Å². The SMILES string of the molecule is O=c1c2c3c(sc2[nH]c(=S)n1-c1ccccc1O)CCCC3. The molecule has 1 aliphatic rings. The van der Waals surface area contributed by atoms with Gasteiger partial charge in [-0.3, -0.25) is 4.79 Å². The van der Waals surface area contributed by atoms with Gasteiger partial charge in [-0.2, -0.15) is 0 Å². The first-order chi connectivity index (χ1) is 10.7. The molecule has 1 aliphatic carbocycles. The molecule has 0 saturated carbocycles. The van der Waals surface area contributed by atoms with Crippen molar-refractivity contribution in [1.82, 2.24) is 9.55 Å². The first-order valence-corrected chi connectivity index (χ1v) is 8.47. The van der Waals surface area contributed by atoms with Crippen LogP contribution in [0.1, 0.15) is 23.3 Å². The van der Waals surface area contributed by atoms with Crippen molar-refractivity contribution in [3.05, 3.63) is 49.8 Å². The lowest BCUT2D eigenvalue weighted by Gasteiger charge is -2.11. The van der Waals surface area contributed by atoms with Crippen molar-refractivity contribution in [2.75, 3.05) is 0 Å². The molecule has 0 spiro atoms. The monoisotopic (exact) mass is 330 g/mol. The van der Waals surface area contributed by atoms with Crippen molar-refractivity contribution in [2.24, 2.45) is 0 Å². The molecular formula is C16H14N2O2S2. The molecule has 22 heavy (non-hydrogen) atoms. The number of fused-ring (bicyclic) bond motifs is 3. The van der Waals surface area contributed by atoms with Gasteiger partial charge in [-0.25, -0.2) is 4.57 Å². The third kappa shape index (κ3) is 1.94. The van der Waals surface area contributed by atoms with E-state index in [2.05, 4.69) is 4.98 Å². The molecule has 4 nitrogen and oxygen atoms in total. The highest BCUT2D eigenvalue weighted by molar-refractivity contribution is 7.71. The molecule has 0 bridgehead atoms. The Labute approximate surface area is 135 Å². The smallest absolute Gasteiger partial charge is 0.268 e. The molecule has 4 rings (SSSR count). The average Bonchev–Trinajstić information content (AvgIpc) is 2.87. The number of aromatic nitrogens is 2. The number of phenols is 1. The quantitative estimate of drug-likeness (QED) is 0.669. The van der Waals surface area contributed by atoms with Crippen LogP contribution >= 0.6 is 23.6 Å². The van der Waals surface area contributed by atoms with Crippen LogP contribution in [0.2, 0.25) is 0 Å². The van der Waals surface area contributed by atoms with E-state index >= 15 is 0 Å². The summed E-state index contributed by atoms with van der Waals surface area (Å²) in [6.45, 7) is 0. The highest BCUT2D eigenvalue weighted by atomic mass is 32.1. The van der Waals surface area contributed by atoms with Crippen LogP contribution < -0.4 is 5.56 Å². The predicted molar refractivity (Wildman–Crippen MR) is 90.9 cm³/mol. The first kappa shape index (κ1) is 13.7. The van der Waals surface area contributed by atoms with E-state index in [4.69, 9.17) is 12.2 Å². The van der Waals surface area contributed by atoms with E-state index in [1.54, 1.807) is 35.6 Å². The maximum Gasteiger partial charge on any atom is 0.268 e. The molecule has 0 aliphatic heterocycles. The minimum atomic E-state index is -0.139. The Hall–Kier alpha value is -1.92. The molecule has 0 unspecified atom stereocenters. The van der Waals surface area contributed by atoms with E-state index in [1.165, 1.54) is 15.9 Å². The lowest BCUT2D eigenvalue weighted by atomic mass is 9.97. The van der Waals surface area contributed by atoms with E-state index < -0.39 is 0 Å². The molecule has 2 heterocycles. The van der Waals surface area contributed by atoms with Gasteiger partial charge in [0, 0.05) is 4.88 Å². The minimum absolute atomic E-state index is 0.0487. The third-order valence-electron chi connectivity index (χ3n) is 4.13. The van der Waals surface area contributed by atoms with Gasteiger partial charge < -0.3 is 10.1 Å². The van der Waals surface area contributed by atoms with Crippen molar-refractivity contribution in [3.63, 3.8) is 0 Å². The van der Waals surface area contributed by atoms with E-state index in [9.17, 15) is 9.90 Å².